The van der Waals surface area contributed by atoms with Gasteiger partial charge in [0.1, 0.15) is 18.2 Å². The summed E-state index contributed by atoms with van der Waals surface area (Å²) in [6, 6.07) is 9.03. The summed E-state index contributed by atoms with van der Waals surface area (Å²) in [5.74, 6) is 0.968. The number of aromatic nitrogens is 2. The van der Waals surface area contributed by atoms with Crippen LogP contribution in [-0.2, 0) is 7.05 Å². The molecule has 0 aliphatic heterocycles. The molecule has 2 aromatic rings. The second-order valence-electron chi connectivity index (χ2n) is 4.52. The summed E-state index contributed by atoms with van der Waals surface area (Å²) in [7, 11) is 1.64. The number of hydrogen-bond acceptors (Lipinski definition) is 5. The minimum absolute atomic E-state index is 0.0978. The first-order valence-corrected chi connectivity index (χ1v) is 6.66. The van der Waals surface area contributed by atoms with Crippen LogP contribution in [0.4, 0.5) is 11.5 Å². The molecule has 116 valence electrons. The van der Waals surface area contributed by atoms with E-state index in [2.05, 4.69) is 15.6 Å². The largest absolute Gasteiger partial charge is 0.490 e. The van der Waals surface area contributed by atoms with E-state index in [0.717, 1.165) is 0 Å². The van der Waals surface area contributed by atoms with Crippen LogP contribution >= 0.6 is 0 Å². The lowest BCUT2D eigenvalue weighted by Crippen LogP contribution is -2.33. The Kier molecular flexibility index (Phi) is 4.97. The quantitative estimate of drug-likeness (QED) is 0.348. The van der Waals surface area contributed by atoms with E-state index in [0.29, 0.717) is 30.4 Å². The average Bonchev–Trinajstić information content (AvgIpc) is 2.49. The molecule has 0 spiro atoms. The van der Waals surface area contributed by atoms with E-state index in [1.54, 1.807) is 25.4 Å². The molecular formula is C14H18N6O2. The van der Waals surface area contributed by atoms with Gasteiger partial charge >= 0.3 is 5.69 Å². The maximum absolute atomic E-state index is 11.5. The first-order chi connectivity index (χ1) is 10.6. The van der Waals surface area contributed by atoms with E-state index in [-0.39, 0.29) is 11.6 Å². The Morgan fingerprint density at radius 1 is 1.41 bits per heavy atom. The number of nitrogens with one attached hydrogen (secondary N) is 3. The molecule has 1 aromatic heterocycles. The number of ether oxygens (including phenoxy) is 1. The molecule has 0 fully saturated rings. The Bertz CT molecular complexity index is 712. The summed E-state index contributed by atoms with van der Waals surface area (Å²) >= 11 is 0. The second-order valence-corrected chi connectivity index (χ2v) is 4.52. The van der Waals surface area contributed by atoms with Crippen molar-refractivity contribution in [3.05, 3.63) is 47.0 Å². The average molecular weight is 302 g/mol. The third-order valence-corrected chi connectivity index (χ3v) is 2.80. The number of nitrogens with zero attached hydrogens (tertiary/aromatic N) is 2. The summed E-state index contributed by atoms with van der Waals surface area (Å²) in [4.78, 5) is 15.4. The number of hydrogen-bond donors (Lipinski definition) is 4. The highest BCUT2D eigenvalue weighted by atomic mass is 16.5. The third-order valence-electron chi connectivity index (χ3n) is 2.80. The first kappa shape index (κ1) is 15.4. The van der Waals surface area contributed by atoms with Crippen molar-refractivity contribution in [2.24, 2.45) is 12.8 Å². The van der Waals surface area contributed by atoms with Crippen LogP contribution < -0.4 is 26.8 Å². The molecule has 2 rings (SSSR count). The summed E-state index contributed by atoms with van der Waals surface area (Å²) in [5.41, 5.74) is 5.56. The predicted octanol–water partition coefficient (Wildman–Crippen LogP) is 0.386. The van der Waals surface area contributed by atoms with Crippen molar-refractivity contribution in [1.29, 1.82) is 5.41 Å². The van der Waals surface area contributed by atoms with Crippen molar-refractivity contribution in [3.8, 4) is 5.75 Å². The van der Waals surface area contributed by atoms with Gasteiger partial charge in [-0.15, -0.1) is 0 Å². The molecule has 1 aromatic carbocycles. The molecule has 0 radical (unpaired) electrons. The number of guanidine groups is 1. The fourth-order valence-electron chi connectivity index (χ4n) is 1.72. The predicted molar refractivity (Wildman–Crippen MR) is 84.6 cm³/mol. The first-order valence-electron chi connectivity index (χ1n) is 6.66. The van der Waals surface area contributed by atoms with Crippen molar-refractivity contribution in [2.75, 3.05) is 18.5 Å². The van der Waals surface area contributed by atoms with Crippen molar-refractivity contribution in [1.82, 2.24) is 14.9 Å². The smallest absolute Gasteiger partial charge is 0.349 e. The van der Waals surface area contributed by atoms with Crippen molar-refractivity contribution in [2.45, 2.75) is 0 Å². The maximum atomic E-state index is 11.5. The van der Waals surface area contributed by atoms with E-state index in [9.17, 15) is 4.79 Å². The van der Waals surface area contributed by atoms with Crippen molar-refractivity contribution >= 4 is 17.5 Å². The Hall–Kier alpha value is -3.03. The number of benzene rings is 1. The second kappa shape index (κ2) is 7.11. The SMILES string of the molecule is Cn1ccc(Nc2ccccc2OCCNC(=N)N)nc1=O. The number of para-hydroxylation sites is 2. The minimum Gasteiger partial charge on any atom is -0.490 e. The van der Waals surface area contributed by atoms with Gasteiger partial charge in [0.2, 0.25) is 0 Å². The lowest BCUT2D eigenvalue weighted by atomic mass is 10.3. The Labute approximate surface area is 127 Å². The molecule has 5 N–H and O–H groups in total. The van der Waals surface area contributed by atoms with Gasteiger partial charge in [0.05, 0.1) is 12.2 Å². The van der Waals surface area contributed by atoms with Gasteiger partial charge in [-0.1, -0.05) is 12.1 Å². The van der Waals surface area contributed by atoms with E-state index in [1.807, 2.05) is 18.2 Å². The molecule has 0 atom stereocenters. The Morgan fingerprint density at radius 2 is 2.18 bits per heavy atom. The topological polar surface area (TPSA) is 118 Å². The molecule has 0 amide bonds. The summed E-state index contributed by atoms with van der Waals surface area (Å²) < 4.78 is 7.02. The van der Waals surface area contributed by atoms with E-state index in [1.165, 1.54) is 4.57 Å². The van der Waals surface area contributed by atoms with Crippen LogP contribution in [0.2, 0.25) is 0 Å². The Morgan fingerprint density at radius 3 is 2.91 bits per heavy atom. The summed E-state index contributed by atoms with van der Waals surface area (Å²) in [5, 5.41) is 12.8. The molecule has 8 nitrogen and oxygen atoms in total. The van der Waals surface area contributed by atoms with Crippen molar-refractivity contribution in [3.63, 3.8) is 0 Å². The molecule has 8 heteroatoms. The number of anilines is 2. The minimum atomic E-state index is -0.339. The lowest BCUT2D eigenvalue weighted by Gasteiger charge is -2.13. The van der Waals surface area contributed by atoms with E-state index < -0.39 is 0 Å². The van der Waals surface area contributed by atoms with Crippen LogP contribution in [0.15, 0.2) is 41.3 Å². The highest BCUT2D eigenvalue weighted by Crippen LogP contribution is 2.26. The molecule has 22 heavy (non-hydrogen) atoms. The van der Waals surface area contributed by atoms with Gasteiger partial charge in [-0.05, 0) is 18.2 Å². The van der Waals surface area contributed by atoms with Gasteiger partial charge in [-0.3, -0.25) is 5.41 Å². The van der Waals surface area contributed by atoms with Crippen LogP contribution in [0.3, 0.4) is 0 Å². The highest BCUT2D eigenvalue weighted by molar-refractivity contribution is 5.74. The fraction of sp³-hybridized carbons (Fsp3) is 0.214. The van der Waals surface area contributed by atoms with E-state index in [4.69, 9.17) is 15.9 Å². The summed E-state index contributed by atoms with van der Waals surface area (Å²) in [6.07, 6.45) is 1.64. The van der Waals surface area contributed by atoms with Crippen LogP contribution in [0.5, 0.6) is 5.75 Å². The zero-order valence-corrected chi connectivity index (χ0v) is 12.2. The van der Waals surface area contributed by atoms with Gasteiger partial charge in [-0.25, -0.2) is 4.79 Å². The molecule has 1 heterocycles. The molecule has 0 bridgehead atoms. The lowest BCUT2D eigenvalue weighted by molar-refractivity contribution is 0.324. The highest BCUT2D eigenvalue weighted by Gasteiger charge is 2.05. The van der Waals surface area contributed by atoms with Gasteiger partial charge in [0.25, 0.3) is 0 Å². The number of rotatable bonds is 6. The molecule has 0 aliphatic carbocycles. The van der Waals surface area contributed by atoms with Gasteiger partial charge in [0.15, 0.2) is 5.96 Å². The fourth-order valence-corrected chi connectivity index (χ4v) is 1.72. The third kappa shape index (κ3) is 4.23. The van der Waals surface area contributed by atoms with Gasteiger partial charge < -0.3 is 25.7 Å². The molecule has 0 saturated heterocycles. The summed E-state index contributed by atoms with van der Waals surface area (Å²) in [6.45, 7) is 0.774. The van der Waals surface area contributed by atoms with Gasteiger partial charge in [0, 0.05) is 13.2 Å². The zero-order chi connectivity index (χ0) is 15.9. The maximum Gasteiger partial charge on any atom is 0.349 e. The Balaban J connectivity index is 2.05. The monoisotopic (exact) mass is 302 g/mol. The van der Waals surface area contributed by atoms with E-state index >= 15 is 0 Å². The molecular weight excluding hydrogens is 284 g/mol. The van der Waals surface area contributed by atoms with Gasteiger partial charge in [-0.2, -0.15) is 4.98 Å². The standard InChI is InChI=1S/C14H18N6O2/c1-20-8-6-12(19-14(20)21)18-10-4-2-3-5-11(10)22-9-7-17-13(15)16/h2-6,8H,7,9H2,1H3,(H4,15,16,17)(H,18,19,21). The number of nitrogens with two attached hydrogens (primary N) is 1. The molecule has 0 unspecified atom stereocenters. The molecule has 0 aliphatic rings. The van der Waals surface area contributed by atoms with Crippen LogP contribution in [0.1, 0.15) is 0 Å². The number of aryl methyl sites for hydroxylation is 1. The van der Waals surface area contributed by atoms with Crippen LogP contribution in [-0.4, -0.2) is 28.7 Å². The van der Waals surface area contributed by atoms with Crippen LogP contribution in [0.25, 0.3) is 0 Å². The zero-order valence-electron chi connectivity index (χ0n) is 12.2. The van der Waals surface area contributed by atoms with Crippen molar-refractivity contribution < 1.29 is 4.74 Å². The normalized spacial score (nSPS) is 10.0. The molecule has 0 saturated carbocycles. The van der Waals surface area contributed by atoms with Crippen LogP contribution in [0, 0.1) is 5.41 Å².